The van der Waals surface area contributed by atoms with Crippen LogP contribution in [0.5, 0.6) is 0 Å². The minimum Gasteiger partial charge on any atom is -0.320 e. The van der Waals surface area contributed by atoms with E-state index in [2.05, 4.69) is 24.1 Å². The van der Waals surface area contributed by atoms with E-state index in [0.717, 1.165) is 18.6 Å². The molecule has 1 atom stereocenters. The molecule has 1 N–H and O–H groups in total. The van der Waals surface area contributed by atoms with Gasteiger partial charge in [-0.3, -0.25) is 4.90 Å². The Hall–Kier alpha value is -0.0800. The summed E-state index contributed by atoms with van der Waals surface area (Å²) in [4.78, 5) is 2.66. The van der Waals surface area contributed by atoms with Gasteiger partial charge in [-0.15, -0.1) is 0 Å². The SMILES string of the molecule is CCN(C(C)CCCNC)C1CC1. The highest BCUT2D eigenvalue weighted by molar-refractivity contribution is 4.86. The van der Waals surface area contributed by atoms with Gasteiger partial charge in [0, 0.05) is 12.1 Å². The molecule has 2 heteroatoms. The monoisotopic (exact) mass is 184 g/mol. The Bertz CT molecular complexity index is 132. The summed E-state index contributed by atoms with van der Waals surface area (Å²) >= 11 is 0. The molecule has 0 heterocycles. The molecule has 13 heavy (non-hydrogen) atoms. The van der Waals surface area contributed by atoms with Gasteiger partial charge in [-0.1, -0.05) is 6.92 Å². The fourth-order valence-electron chi connectivity index (χ4n) is 2.08. The lowest BCUT2D eigenvalue weighted by atomic mass is 10.1. The second-order valence-electron chi connectivity index (χ2n) is 4.16. The van der Waals surface area contributed by atoms with E-state index in [9.17, 15) is 0 Å². The van der Waals surface area contributed by atoms with Gasteiger partial charge >= 0.3 is 0 Å². The zero-order chi connectivity index (χ0) is 9.68. The summed E-state index contributed by atoms with van der Waals surface area (Å²) in [7, 11) is 2.03. The lowest BCUT2D eigenvalue weighted by Crippen LogP contribution is -2.35. The fraction of sp³-hybridized carbons (Fsp3) is 1.00. The van der Waals surface area contributed by atoms with Gasteiger partial charge in [0.1, 0.15) is 0 Å². The summed E-state index contributed by atoms with van der Waals surface area (Å²) in [6.45, 7) is 7.04. The van der Waals surface area contributed by atoms with E-state index >= 15 is 0 Å². The normalized spacial score (nSPS) is 19.4. The van der Waals surface area contributed by atoms with Gasteiger partial charge in [0.05, 0.1) is 0 Å². The van der Waals surface area contributed by atoms with Crippen molar-refractivity contribution in [3.8, 4) is 0 Å². The van der Waals surface area contributed by atoms with Crippen molar-refractivity contribution in [2.24, 2.45) is 0 Å². The molecule has 0 amide bonds. The maximum Gasteiger partial charge on any atom is 0.00991 e. The zero-order valence-corrected chi connectivity index (χ0v) is 9.34. The van der Waals surface area contributed by atoms with Gasteiger partial charge in [0.2, 0.25) is 0 Å². The second kappa shape index (κ2) is 5.61. The van der Waals surface area contributed by atoms with Crippen LogP contribution in [0.15, 0.2) is 0 Å². The smallest absolute Gasteiger partial charge is 0.00991 e. The van der Waals surface area contributed by atoms with Crippen LogP contribution >= 0.6 is 0 Å². The van der Waals surface area contributed by atoms with E-state index in [1.54, 1.807) is 0 Å². The van der Waals surface area contributed by atoms with Crippen LogP contribution in [-0.2, 0) is 0 Å². The largest absolute Gasteiger partial charge is 0.320 e. The summed E-state index contributed by atoms with van der Waals surface area (Å²) in [6.07, 6.45) is 5.51. The Morgan fingerprint density at radius 3 is 2.62 bits per heavy atom. The Morgan fingerprint density at radius 1 is 1.46 bits per heavy atom. The molecule has 1 saturated carbocycles. The second-order valence-corrected chi connectivity index (χ2v) is 4.16. The van der Waals surface area contributed by atoms with Gasteiger partial charge < -0.3 is 5.32 Å². The number of nitrogens with zero attached hydrogens (tertiary/aromatic N) is 1. The number of nitrogens with one attached hydrogen (secondary N) is 1. The Morgan fingerprint density at radius 2 is 2.15 bits per heavy atom. The Kier molecular flexibility index (Phi) is 4.74. The van der Waals surface area contributed by atoms with Crippen LogP contribution in [0.1, 0.15) is 39.5 Å². The number of rotatable bonds is 7. The van der Waals surface area contributed by atoms with Crippen molar-refractivity contribution >= 4 is 0 Å². The average molecular weight is 184 g/mol. The van der Waals surface area contributed by atoms with Crippen molar-refractivity contribution in [2.75, 3.05) is 20.1 Å². The van der Waals surface area contributed by atoms with Crippen LogP contribution in [0.25, 0.3) is 0 Å². The van der Waals surface area contributed by atoms with Gasteiger partial charge in [-0.2, -0.15) is 0 Å². The number of hydrogen-bond acceptors (Lipinski definition) is 2. The molecule has 0 aromatic carbocycles. The van der Waals surface area contributed by atoms with Crippen molar-refractivity contribution in [2.45, 2.75) is 51.6 Å². The predicted molar refractivity (Wildman–Crippen MR) is 58.0 cm³/mol. The number of hydrogen-bond donors (Lipinski definition) is 1. The van der Waals surface area contributed by atoms with E-state index < -0.39 is 0 Å². The third-order valence-electron chi connectivity index (χ3n) is 3.00. The van der Waals surface area contributed by atoms with Crippen LogP contribution in [0.4, 0.5) is 0 Å². The van der Waals surface area contributed by atoms with E-state index in [1.165, 1.54) is 32.2 Å². The molecule has 2 nitrogen and oxygen atoms in total. The standard InChI is InChI=1S/C11H24N2/c1-4-13(11-7-8-11)10(2)6-5-9-12-3/h10-12H,4-9H2,1-3H3. The average Bonchev–Trinajstić information content (AvgIpc) is 2.90. The van der Waals surface area contributed by atoms with Gasteiger partial charge in [0.25, 0.3) is 0 Å². The zero-order valence-electron chi connectivity index (χ0n) is 9.34. The maximum absolute atomic E-state index is 3.21. The molecule has 0 saturated heterocycles. The third kappa shape index (κ3) is 3.65. The fourth-order valence-corrected chi connectivity index (χ4v) is 2.08. The first-order chi connectivity index (χ1) is 6.29. The molecule has 0 aromatic rings. The molecule has 1 fully saturated rings. The van der Waals surface area contributed by atoms with E-state index in [0.29, 0.717) is 0 Å². The molecule has 0 bridgehead atoms. The van der Waals surface area contributed by atoms with Gasteiger partial charge in [-0.05, 0) is 52.7 Å². The Balaban J connectivity index is 2.15. The van der Waals surface area contributed by atoms with E-state index in [1.807, 2.05) is 7.05 Å². The van der Waals surface area contributed by atoms with Crippen LogP contribution in [-0.4, -0.2) is 37.1 Å². The van der Waals surface area contributed by atoms with Crippen LogP contribution in [0, 0.1) is 0 Å². The third-order valence-corrected chi connectivity index (χ3v) is 3.00. The van der Waals surface area contributed by atoms with Crippen LogP contribution in [0.2, 0.25) is 0 Å². The molecule has 0 aromatic heterocycles. The maximum atomic E-state index is 3.21. The van der Waals surface area contributed by atoms with Gasteiger partial charge in [0.15, 0.2) is 0 Å². The summed E-state index contributed by atoms with van der Waals surface area (Å²) in [6, 6.07) is 1.71. The van der Waals surface area contributed by atoms with E-state index in [4.69, 9.17) is 0 Å². The topological polar surface area (TPSA) is 15.3 Å². The van der Waals surface area contributed by atoms with Crippen LogP contribution < -0.4 is 5.32 Å². The molecular weight excluding hydrogens is 160 g/mol. The molecule has 1 unspecified atom stereocenters. The van der Waals surface area contributed by atoms with Crippen LogP contribution in [0.3, 0.4) is 0 Å². The molecule has 1 aliphatic carbocycles. The summed E-state index contributed by atoms with van der Waals surface area (Å²) in [5.41, 5.74) is 0. The minimum atomic E-state index is 0.783. The minimum absolute atomic E-state index is 0.783. The highest BCUT2D eigenvalue weighted by Gasteiger charge is 2.30. The molecule has 0 spiro atoms. The molecular formula is C11H24N2. The highest BCUT2D eigenvalue weighted by Crippen LogP contribution is 2.29. The Labute approximate surface area is 82.7 Å². The summed E-state index contributed by atoms with van der Waals surface area (Å²) in [5, 5.41) is 3.21. The first kappa shape index (κ1) is 11.0. The molecule has 0 aliphatic heterocycles. The summed E-state index contributed by atoms with van der Waals surface area (Å²) < 4.78 is 0. The van der Waals surface area contributed by atoms with Crippen molar-refractivity contribution in [3.05, 3.63) is 0 Å². The lowest BCUT2D eigenvalue weighted by molar-refractivity contribution is 0.197. The van der Waals surface area contributed by atoms with Crippen molar-refractivity contribution in [3.63, 3.8) is 0 Å². The van der Waals surface area contributed by atoms with Crippen molar-refractivity contribution in [1.29, 1.82) is 0 Å². The highest BCUT2D eigenvalue weighted by atomic mass is 15.2. The molecule has 1 rings (SSSR count). The summed E-state index contributed by atoms with van der Waals surface area (Å²) in [5.74, 6) is 0. The van der Waals surface area contributed by atoms with E-state index in [-0.39, 0.29) is 0 Å². The first-order valence-corrected chi connectivity index (χ1v) is 5.70. The molecule has 0 radical (unpaired) electrons. The van der Waals surface area contributed by atoms with Crippen molar-refractivity contribution in [1.82, 2.24) is 10.2 Å². The first-order valence-electron chi connectivity index (χ1n) is 5.70. The van der Waals surface area contributed by atoms with Gasteiger partial charge in [-0.25, -0.2) is 0 Å². The quantitative estimate of drug-likeness (QED) is 0.608. The van der Waals surface area contributed by atoms with Crippen molar-refractivity contribution < 1.29 is 0 Å². The molecule has 1 aliphatic rings. The lowest BCUT2D eigenvalue weighted by Gasteiger charge is -2.27. The molecule has 78 valence electrons. The predicted octanol–water partition coefficient (Wildman–Crippen LogP) is 1.86.